The largest absolute Gasteiger partial charge is 0.476 e. The molecule has 1 saturated carbocycles. The topological polar surface area (TPSA) is 47.0 Å². The third kappa shape index (κ3) is 3.56. The molecule has 0 unspecified atom stereocenters. The normalized spacial score (nSPS) is 16.1. The molecular weight excluding hydrogens is 282 g/mol. The van der Waals surface area contributed by atoms with E-state index < -0.39 is 0 Å². The molecule has 94 valence electrons. The second kappa shape index (κ2) is 6.19. The van der Waals surface area contributed by atoms with E-state index in [-0.39, 0.29) is 0 Å². The zero-order valence-corrected chi connectivity index (χ0v) is 11.7. The van der Waals surface area contributed by atoms with Gasteiger partial charge in [0.15, 0.2) is 0 Å². The molecule has 1 heterocycles. The van der Waals surface area contributed by atoms with E-state index in [0.29, 0.717) is 17.7 Å². The Labute approximate surface area is 110 Å². The van der Waals surface area contributed by atoms with Crippen molar-refractivity contribution < 1.29 is 4.74 Å². The summed E-state index contributed by atoms with van der Waals surface area (Å²) in [5.41, 5.74) is 0. The lowest BCUT2D eigenvalue weighted by molar-refractivity contribution is 0.242. The van der Waals surface area contributed by atoms with Crippen LogP contribution in [-0.2, 0) is 0 Å². The van der Waals surface area contributed by atoms with E-state index in [2.05, 4.69) is 31.2 Å². The van der Waals surface area contributed by atoms with Gasteiger partial charge in [-0.05, 0) is 41.6 Å². The van der Waals surface area contributed by atoms with Crippen LogP contribution in [0.5, 0.6) is 5.88 Å². The number of nitrogens with one attached hydrogen (secondary N) is 1. The van der Waals surface area contributed by atoms with Gasteiger partial charge in [-0.1, -0.05) is 12.8 Å². The van der Waals surface area contributed by atoms with Crippen LogP contribution in [0.1, 0.15) is 32.6 Å². The standard InChI is InChI=1S/C12H18BrN3O/c1-2-14-12-15-7-10(13)11(16-12)17-8-9-5-3-4-6-9/h7,9H,2-6,8H2,1H3,(H,14,15,16). The molecule has 0 radical (unpaired) electrons. The minimum absolute atomic E-state index is 0.622. The fraction of sp³-hybridized carbons (Fsp3) is 0.667. The molecule has 0 bridgehead atoms. The minimum atomic E-state index is 0.622. The Kier molecular flexibility index (Phi) is 4.59. The molecule has 5 heteroatoms. The third-order valence-electron chi connectivity index (χ3n) is 2.98. The highest BCUT2D eigenvalue weighted by atomic mass is 79.9. The quantitative estimate of drug-likeness (QED) is 0.907. The highest BCUT2D eigenvalue weighted by Gasteiger charge is 2.16. The number of hydrogen-bond donors (Lipinski definition) is 1. The van der Waals surface area contributed by atoms with Gasteiger partial charge in [-0.25, -0.2) is 4.98 Å². The summed E-state index contributed by atoms with van der Waals surface area (Å²) in [7, 11) is 0. The minimum Gasteiger partial charge on any atom is -0.476 e. The zero-order chi connectivity index (χ0) is 12.1. The maximum absolute atomic E-state index is 5.77. The molecule has 0 aromatic carbocycles. The maximum atomic E-state index is 5.77. The molecule has 17 heavy (non-hydrogen) atoms. The molecule has 0 saturated heterocycles. The molecular formula is C12H18BrN3O. The lowest BCUT2D eigenvalue weighted by Crippen LogP contribution is -2.10. The fourth-order valence-corrected chi connectivity index (χ4v) is 2.38. The van der Waals surface area contributed by atoms with Crippen molar-refractivity contribution in [3.63, 3.8) is 0 Å². The van der Waals surface area contributed by atoms with Crippen LogP contribution in [0.2, 0.25) is 0 Å². The van der Waals surface area contributed by atoms with Crippen molar-refractivity contribution in [3.05, 3.63) is 10.7 Å². The number of ether oxygens (including phenoxy) is 1. The van der Waals surface area contributed by atoms with Gasteiger partial charge < -0.3 is 10.1 Å². The number of nitrogens with zero attached hydrogens (tertiary/aromatic N) is 2. The highest BCUT2D eigenvalue weighted by molar-refractivity contribution is 9.10. The van der Waals surface area contributed by atoms with E-state index in [1.807, 2.05) is 6.92 Å². The van der Waals surface area contributed by atoms with Gasteiger partial charge in [-0.3, -0.25) is 0 Å². The number of aromatic nitrogens is 2. The average molecular weight is 300 g/mol. The molecule has 1 N–H and O–H groups in total. The Morgan fingerprint density at radius 1 is 1.47 bits per heavy atom. The molecule has 2 rings (SSSR count). The number of anilines is 1. The van der Waals surface area contributed by atoms with Crippen LogP contribution < -0.4 is 10.1 Å². The van der Waals surface area contributed by atoms with Gasteiger partial charge in [0.2, 0.25) is 11.8 Å². The van der Waals surface area contributed by atoms with Gasteiger partial charge in [0.1, 0.15) is 0 Å². The van der Waals surface area contributed by atoms with Crippen LogP contribution in [0, 0.1) is 5.92 Å². The Bertz CT molecular complexity index is 367. The lowest BCUT2D eigenvalue weighted by Gasteiger charge is -2.12. The van der Waals surface area contributed by atoms with E-state index in [0.717, 1.165) is 17.6 Å². The van der Waals surface area contributed by atoms with Crippen LogP contribution in [-0.4, -0.2) is 23.1 Å². The summed E-state index contributed by atoms with van der Waals surface area (Å²) in [6.45, 7) is 3.59. The van der Waals surface area contributed by atoms with Gasteiger partial charge >= 0.3 is 0 Å². The van der Waals surface area contributed by atoms with Crippen molar-refractivity contribution in [2.75, 3.05) is 18.5 Å². The van der Waals surface area contributed by atoms with Crippen molar-refractivity contribution >= 4 is 21.9 Å². The average Bonchev–Trinajstić information content (AvgIpc) is 2.83. The van der Waals surface area contributed by atoms with E-state index >= 15 is 0 Å². The fourth-order valence-electron chi connectivity index (χ4n) is 2.07. The molecule has 1 fully saturated rings. The lowest BCUT2D eigenvalue weighted by atomic mass is 10.1. The van der Waals surface area contributed by atoms with Gasteiger partial charge in [0, 0.05) is 6.54 Å². The SMILES string of the molecule is CCNc1ncc(Br)c(OCC2CCCC2)n1. The van der Waals surface area contributed by atoms with Gasteiger partial charge in [-0.2, -0.15) is 4.98 Å². The van der Waals surface area contributed by atoms with E-state index in [1.54, 1.807) is 6.20 Å². The van der Waals surface area contributed by atoms with Crippen LogP contribution in [0.3, 0.4) is 0 Å². The Balaban J connectivity index is 1.95. The summed E-state index contributed by atoms with van der Waals surface area (Å²) < 4.78 is 6.59. The van der Waals surface area contributed by atoms with Crippen molar-refractivity contribution in [2.24, 2.45) is 5.92 Å². The zero-order valence-electron chi connectivity index (χ0n) is 10.1. The predicted octanol–water partition coefficient (Wildman–Crippen LogP) is 3.24. The van der Waals surface area contributed by atoms with Gasteiger partial charge in [0.25, 0.3) is 0 Å². The van der Waals surface area contributed by atoms with Crippen LogP contribution in [0.4, 0.5) is 5.95 Å². The van der Waals surface area contributed by atoms with E-state index in [9.17, 15) is 0 Å². The Morgan fingerprint density at radius 3 is 2.94 bits per heavy atom. The van der Waals surface area contributed by atoms with Crippen molar-refractivity contribution in [2.45, 2.75) is 32.6 Å². The second-order valence-electron chi connectivity index (χ2n) is 4.34. The Morgan fingerprint density at radius 2 is 2.24 bits per heavy atom. The highest BCUT2D eigenvalue weighted by Crippen LogP contribution is 2.27. The number of rotatable bonds is 5. The third-order valence-corrected chi connectivity index (χ3v) is 3.52. The number of halogens is 1. The van der Waals surface area contributed by atoms with Crippen molar-refractivity contribution in [3.8, 4) is 5.88 Å². The molecule has 0 amide bonds. The van der Waals surface area contributed by atoms with Gasteiger partial charge in [-0.15, -0.1) is 0 Å². The first kappa shape index (κ1) is 12.6. The maximum Gasteiger partial charge on any atom is 0.232 e. The smallest absolute Gasteiger partial charge is 0.232 e. The number of hydrogen-bond acceptors (Lipinski definition) is 4. The Hall–Kier alpha value is -0.840. The summed E-state index contributed by atoms with van der Waals surface area (Å²) in [5.74, 6) is 1.96. The summed E-state index contributed by atoms with van der Waals surface area (Å²) in [5, 5.41) is 3.08. The van der Waals surface area contributed by atoms with Crippen molar-refractivity contribution in [1.82, 2.24) is 9.97 Å². The molecule has 1 aliphatic rings. The van der Waals surface area contributed by atoms with E-state index in [4.69, 9.17) is 4.74 Å². The first-order valence-corrected chi connectivity index (χ1v) is 6.98. The molecule has 1 aromatic rings. The first-order chi connectivity index (χ1) is 8.29. The van der Waals surface area contributed by atoms with Crippen molar-refractivity contribution in [1.29, 1.82) is 0 Å². The molecule has 0 atom stereocenters. The summed E-state index contributed by atoms with van der Waals surface area (Å²) >= 11 is 3.41. The molecule has 0 spiro atoms. The molecule has 1 aliphatic carbocycles. The van der Waals surface area contributed by atoms with Gasteiger partial charge in [0.05, 0.1) is 17.3 Å². The second-order valence-corrected chi connectivity index (χ2v) is 5.19. The van der Waals surface area contributed by atoms with Crippen LogP contribution >= 0.6 is 15.9 Å². The molecule has 4 nitrogen and oxygen atoms in total. The first-order valence-electron chi connectivity index (χ1n) is 6.18. The predicted molar refractivity (Wildman–Crippen MR) is 71.3 cm³/mol. The molecule has 1 aromatic heterocycles. The van der Waals surface area contributed by atoms with Crippen LogP contribution in [0.15, 0.2) is 10.7 Å². The van der Waals surface area contributed by atoms with Crippen LogP contribution in [0.25, 0.3) is 0 Å². The van der Waals surface area contributed by atoms with E-state index in [1.165, 1.54) is 25.7 Å². The summed E-state index contributed by atoms with van der Waals surface area (Å²) in [4.78, 5) is 8.49. The summed E-state index contributed by atoms with van der Waals surface area (Å²) in [6.07, 6.45) is 6.96. The summed E-state index contributed by atoms with van der Waals surface area (Å²) in [6, 6.07) is 0. The monoisotopic (exact) mass is 299 g/mol. The molecule has 0 aliphatic heterocycles.